The maximum absolute atomic E-state index is 13.0. The first-order chi connectivity index (χ1) is 17.1. The first kappa shape index (κ1) is 29.6. The summed E-state index contributed by atoms with van der Waals surface area (Å²) in [6.07, 6.45) is -10.4. The zero-order chi connectivity index (χ0) is 28.0. The molecule has 3 rings (SSSR count). The van der Waals surface area contributed by atoms with Crippen molar-refractivity contribution in [1.29, 1.82) is 0 Å². The molecule has 7 nitrogen and oxygen atoms in total. The van der Waals surface area contributed by atoms with E-state index in [0.717, 1.165) is 11.6 Å². The molecule has 200 valence electrons. The molecular weight excluding hydrogens is 530 g/mol. The van der Waals surface area contributed by atoms with E-state index in [1.165, 1.54) is 12.1 Å². The molecule has 3 aromatic rings. The molecule has 2 aromatic carbocycles. The van der Waals surface area contributed by atoms with E-state index < -0.39 is 35.0 Å². The molecule has 0 saturated heterocycles. The van der Waals surface area contributed by atoms with Crippen molar-refractivity contribution in [2.75, 3.05) is 30.9 Å². The van der Waals surface area contributed by atoms with Crippen molar-refractivity contribution < 1.29 is 41.4 Å². The highest BCUT2D eigenvalue weighted by Gasteiger charge is 2.38. The van der Waals surface area contributed by atoms with Crippen LogP contribution >= 0.6 is 11.6 Å². The molecule has 0 amide bonds. The Bertz CT molecular complexity index is 1210. The van der Waals surface area contributed by atoms with Gasteiger partial charge in [-0.1, -0.05) is 48.0 Å². The number of hydrogen-bond acceptors (Lipinski definition) is 6. The summed E-state index contributed by atoms with van der Waals surface area (Å²) in [7, 11) is 3.50. The zero-order valence-electron chi connectivity index (χ0n) is 19.3. The first-order valence-corrected chi connectivity index (χ1v) is 10.7. The van der Waals surface area contributed by atoms with Gasteiger partial charge >= 0.3 is 18.3 Å². The Labute approximate surface area is 212 Å². The van der Waals surface area contributed by atoms with Gasteiger partial charge in [-0.15, -0.1) is 0 Å². The SMILES string of the molecule is CN(C)c1nc(NC[C@H](O)c2ccccc2)cc(-c2ccc(C(F)(F)F)c(Cl)c2)n1.O=C(O)C(F)(F)F. The Morgan fingerprint density at radius 1 is 1.03 bits per heavy atom. The van der Waals surface area contributed by atoms with Crippen molar-refractivity contribution in [3.05, 3.63) is 70.7 Å². The van der Waals surface area contributed by atoms with E-state index in [1.54, 1.807) is 25.1 Å². The predicted molar refractivity (Wildman–Crippen MR) is 125 cm³/mol. The quantitative estimate of drug-likeness (QED) is 0.341. The van der Waals surface area contributed by atoms with Gasteiger partial charge in [0.25, 0.3) is 0 Å². The van der Waals surface area contributed by atoms with Gasteiger partial charge in [0.15, 0.2) is 0 Å². The Kier molecular flexibility index (Phi) is 9.70. The van der Waals surface area contributed by atoms with E-state index in [9.17, 15) is 31.4 Å². The molecule has 0 spiro atoms. The second-order valence-electron chi connectivity index (χ2n) is 7.64. The molecule has 0 aliphatic carbocycles. The minimum atomic E-state index is -5.08. The van der Waals surface area contributed by atoms with Gasteiger partial charge < -0.3 is 20.4 Å². The number of hydrogen-bond donors (Lipinski definition) is 3. The molecule has 0 aliphatic rings. The fourth-order valence-electron chi connectivity index (χ4n) is 2.77. The molecule has 1 atom stereocenters. The number of aliphatic hydroxyl groups excluding tert-OH is 1. The minimum absolute atomic E-state index is 0.196. The van der Waals surface area contributed by atoms with Crippen molar-refractivity contribution in [2.45, 2.75) is 18.5 Å². The summed E-state index contributed by atoms with van der Waals surface area (Å²) in [5, 5.41) is 20.1. The van der Waals surface area contributed by atoms with Crippen LogP contribution in [0.1, 0.15) is 17.2 Å². The van der Waals surface area contributed by atoms with Crippen molar-refractivity contribution in [3.8, 4) is 11.3 Å². The van der Waals surface area contributed by atoms with Crippen LogP contribution < -0.4 is 10.2 Å². The van der Waals surface area contributed by atoms with Crippen molar-refractivity contribution in [3.63, 3.8) is 0 Å². The normalized spacial score (nSPS) is 12.3. The van der Waals surface area contributed by atoms with Crippen LogP contribution in [0.5, 0.6) is 0 Å². The second-order valence-corrected chi connectivity index (χ2v) is 8.04. The van der Waals surface area contributed by atoms with Crippen LogP contribution in [0.25, 0.3) is 11.3 Å². The molecule has 0 aliphatic heterocycles. The molecular formula is C23H21ClF6N4O3. The second kappa shape index (κ2) is 12.1. The molecule has 0 saturated carbocycles. The maximum atomic E-state index is 13.0. The third kappa shape index (κ3) is 8.79. The van der Waals surface area contributed by atoms with Crippen molar-refractivity contribution >= 4 is 29.3 Å². The number of carboxylic acid groups (broad SMARTS) is 1. The molecule has 0 bridgehead atoms. The third-order valence-corrected chi connectivity index (χ3v) is 4.90. The molecule has 1 aromatic heterocycles. The predicted octanol–water partition coefficient (Wildman–Crippen LogP) is 5.66. The maximum Gasteiger partial charge on any atom is 0.490 e. The number of rotatable bonds is 6. The van der Waals surface area contributed by atoms with Crippen molar-refractivity contribution in [2.24, 2.45) is 0 Å². The topological polar surface area (TPSA) is 98.6 Å². The molecule has 0 radical (unpaired) electrons. The van der Waals surface area contributed by atoms with E-state index in [-0.39, 0.29) is 6.54 Å². The Morgan fingerprint density at radius 3 is 2.11 bits per heavy atom. The number of halogens is 7. The number of aliphatic carboxylic acids is 1. The summed E-state index contributed by atoms with van der Waals surface area (Å²) in [5.41, 5.74) is 0.673. The van der Waals surface area contributed by atoms with E-state index in [0.29, 0.717) is 23.0 Å². The highest BCUT2D eigenvalue weighted by molar-refractivity contribution is 6.31. The van der Waals surface area contributed by atoms with Gasteiger partial charge in [-0.25, -0.2) is 9.78 Å². The summed E-state index contributed by atoms with van der Waals surface area (Å²) in [6, 6.07) is 14.2. The number of aromatic nitrogens is 2. The largest absolute Gasteiger partial charge is 0.490 e. The summed E-state index contributed by atoms with van der Waals surface area (Å²) < 4.78 is 70.7. The van der Waals surface area contributed by atoms with E-state index in [4.69, 9.17) is 21.5 Å². The minimum Gasteiger partial charge on any atom is -0.475 e. The number of aliphatic hydroxyl groups is 1. The summed E-state index contributed by atoms with van der Waals surface area (Å²) in [5.74, 6) is -1.97. The Balaban J connectivity index is 0.000000604. The number of carbonyl (C=O) groups is 1. The van der Waals surface area contributed by atoms with E-state index in [1.807, 2.05) is 30.3 Å². The lowest BCUT2D eigenvalue weighted by Crippen LogP contribution is -2.21. The average Bonchev–Trinajstić information content (AvgIpc) is 2.81. The summed E-state index contributed by atoms with van der Waals surface area (Å²) >= 11 is 5.85. The highest BCUT2D eigenvalue weighted by Crippen LogP contribution is 2.37. The van der Waals surface area contributed by atoms with Crippen LogP contribution in [-0.4, -0.2) is 53.0 Å². The van der Waals surface area contributed by atoms with Crippen LogP contribution in [0.4, 0.5) is 38.1 Å². The van der Waals surface area contributed by atoms with Gasteiger partial charge in [-0.2, -0.15) is 31.3 Å². The van der Waals surface area contributed by atoms with Crippen LogP contribution in [0.2, 0.25) is 5.02 Å². The zero-order valence-corrected chi connectivity index (χ0v) is 20.0. The van der Waals surface area contributed by atoms with Gasteiger partial charge in [0, 0.05) is 32.3 Å². The Morgan fingerprint density at radius 2 is 1.62 bits per heavy atom. The van der Waals surface area contributed by atoms with Gasteiger partial charge in [0.2, 0.25) is 5.95 Å². The summed E-state index contributed by atoms with van der Waals surface area (Å²) in [4.78, 5) is 19.3. The number of nitrogens with one attached hydrogen (secondary N) is 1. The van der Waals surface area contributed by atoms with Crippen LogP contribution in [0.15, 0.2) is 54.6 Å². The monoisotopic (exact) mass is 550 g/mol. The molecule has 0 fully saturated rings. The highest BCUT2D eigenvalue weighted by atomic mass is 35.5. The lowest BCUT2D eigenvalue weighted by atomic mass is 10.1. The lowest BCUT2D eigenvalue weighted by molar-refractivity contribution is -0.192. The average molecular weight is 551 g/mol. The standard InChI is InChI=1S/C21H20ClF3N4O.C2HF3O2/c1-29(2)20-27-17(14-8-9-15(16(22)10-14)21(23,24)25)11-19(28-20)26-12-18(30)13-6-4-3-5-7-13;3-2(4,5)1(6)7/h3-11,18,30H,12H2,1-2H3,(H,26,27,28);(H,6,7)/t18-;/m0./s1. The summed E-state index contributed by atoms with van der Waals surface area (Å²) in [6.45, 7) is 0.196. The molecule has 0 unspecified atom stereocenters. The Hall–Kier alpha value is -3.58. The van der Waals surface area contributed by atoms with Crippen molar-refractivity contribution in [1.82, 2.24) is 9.97 Å². The number of nitrogens with zero attached hydrogens (tertiary/aromatic N) is 3. The lowest BCUT2D eigenvalue weighted by Gasteiger charge is -2.17. The van der Waals surface area contributed by atoms with Gasteiger partial charge in [0.05, 0.1) is 22.4 Å². The third-order valence-electron chi connectivity index (χ3n) is 4.59. The smallest absolute Gasteiger partial charge is 0.475 e. The van der Waals surface area contributed by atoms with Crippen LogP contribution in [0.3, 0.4) is 0 Å². The molecule has 37 heavy (non-hydrogen) atoms. The number of benzene rings is 2. The van der Waals surface area contributed by atoms with Crippen LogP contribution in [0, 0.1) is 0 Å². The van der Waals surface area contributed by atoms with Crippen LogP contribution in [-0.2, 0) is 11.0 Å². The molecule has 14 heteroatoms. The van der Waals surface area contributed by atoms with Gasteiger partial charge in [-0.05, 0) is 17.7 Å². The number of alkyl halides is 6. The van der Waals surface area contributed by atoms with E-state index in [2.05, 4.69) is 15.3 Å². The number of carboxylic acids is 1. The molecule has 3 N–H and O–H groups in total. The number of anilines is 2. The first-order valence-electron chi connectivity index (χ1n) is 10.3. The molecule has 1 heterocycles. The fourth-order valence-corrected chi connectivity index (χ4v) is 3.06. The fraction of sp³-hybridized carbons (Fsp3) is 0.261. The van der Waals surface area contributed by atoms with E-state index >= 15 is 0 Å². The van der Waals surface area contributed by atoms with Gasteiger partial charge in [0.1, 0.15) is 5.82 Å². The van der Waals surface area contributed by atoms with Gasteiger partial charge in [-0.3, -0.25) is 0 Å².